The molecule has 3 aromatic heterocycles. The maximum Gasteiger partial charge on any atom is 0.294 e. The van der Waals surface area contributed by atoms with E-state index in [1.807, 2.05) is 47.3 Å². The SMILES string of the molecule is CCN(CC)c1cc(Nc2nc(Nc3cc(N(CC)CC)c(OC)cc3N=Nc3nc(N4CCOCC4)c(/C=C(\C(C)=O)C(=O)Nc4cccc(S(=O)(=O)O)c4)s3)nc(SCCS(=O)(=O)O)n2)c(N=Nc2nc(N3CCOCC3)c(/C=C(/C(C)=O)C(=O)Nc3cccc(S(=O)(=O)O)c3)s2)cc1OC. The molecule has 4 aromatic carbocycles. The van der Waals surface area contributed by atoms with Crippen molar-refractivity contribution in [2.45, 2.75) is 56.5 Å². The number of Topliss-reactive ketones (excluding diaryl/α,β-unsaturated/α-hetero) is 2. The second kappa shape index (κ2) is 34.7. The third-order valence-corrected chi connectivity index (χ3v) is 20.7. The molecule has 0 saturated carbocycles. The van der Waals surface area contributed by atoms with E-state index in [0.717, 1.165) is 58.7 Å². The standard InChI is InChI=1S/C63H73N17O17S6/c1-9-77(10-2)49-33-45(47(35-51(49)94-7)73-75-62-68-55(79-19-23-96-24-20-79)53(99-62)31-43(37(5)81)57(83)64-39-15-13-17-41(29-39)102(88,89)90)66-59-70-60(72-61(71-59)98-27-28-101(85,86)87)67-46-34-50(78(11-3)12-4)52(95-8)36-48(46)74-76-63-69-56(80-21-25-97-26-22-80)54(100-63)32-44(38(6)82)58(84)65-40-16-14-18-42(30-40)103(91,92)93/h13-18,29-36H,9-12,19-28H2,1-8H3,(H,64,83)(H,65,84)(H,85,86,87)(H,88,89,90)(H,91,92,93)(H2,66,67,70,71,72)/b43-31-,44-32+,75-73?,76-74?. The molecule has 9 rings (SSSR count). The van der Waals surface area contributed by atoms with E-state index in [0.29, 0.717) is 123 Å². The molecule has 0 aliphatic carbocycles. The van der Waals surface area contributed by atoms with Crippen LogP contribution in [0.4, 0.5) is 79.3 Å². The van der Waals surface area contributed by atoms with Crippen LogP contribution in [0.3, 0.4) is 0 Å². The van der Waals surface area contributed by atoms with Crippen LogP contribution in [0.25, 0.3) is 12.2 Å². The topological polar surface area (TPSA) is 443 Å². The fourth-order valence-corrected chi connectivity index (χ4v) is 14.7. The fourth-order valence-electron chi connectivity index (χ4n) is 10.3. The predicted molar refractivity (Wildman–Crippen MR) is 392 cm³/mol. The molecule has 2 amide bonds. The first kappa shape index (κ1) is 77.7. The normalized spacial score (nSPS) is 14.0. The van der Waals surface area contributed by atoms with Gasteiger partial charge in [-0.2, -0.15) is 50.2 Å². The maximum absolute atomic E-state index is 13.8. The second-order valence-electron chi connectivity index (χ2n) is 22.2. The van der Waals surface area contributed by atoms with Gasteiger partial charge in [-0.1, -0.05) is 46.6 Å². The van der Waals surface area contributed by atoms with Gasteiger partial charge in [-0.05, 0) is 102 Å². The number of azo groups is 2. The van der Waals surface area contributed by atoms with Crippen molar-refractivity contribution in [2.75, 3.05) is 145 Å². The molecule has 2 aliphatic rings. The molecule has 7 N–H and O–H groups in total. The first-order valence-electron chi connectivity index (χ1n) is 31.6. The summed E-state index contributed by atoms with van der Waals surface area (Å²) in [6, 6.07) is 16.5. The molecular weight excluding hydrogens is 1460 g/mol. The Morgan fingerprint density at radius 3 is 1.33 bits per heavy atom. The Balaban J connectivity index is 1.12. The molecule has 7 aromatic rings. The van der Waals surface area contributed by atoms with Crippen LogP contribution in [0.5, 0.6) is 11.5 Å². The van der Waals surface area contributed by atoms with Gasteiger partial charge in [0.1, 0.15) is 34.5 Å². The maximum atomic E-state index is 13.8. The van der Waals surface area contributed by atoms with Gasteiger partial charge in [0.25, 0.3) is 42.2 Å². The van der Waals surface area contributed by atoms with Gasteiger partial charge in [-0.15, -0.1) is 20.5 Å². The lowest BCUT2D eigenvalue weighted by atomic mass is 10.1. The molecule has 0 bridgehead atoms. The first-order chi connectivity index (χ1) is 49.1. The van der Waals surface area contributed by atoms with Crippen LogP contribution in [0.15, 0.2) is 119 Å². The van der Waals surface area contributed by atoms with Crippen LogP contribution in [-0.4, -0.2) is 192 Å². The summed E-state index contributed by atoms with van der Waals surface area (Å²) in [5.74, 6) is -2.65. The largest absolute Gasteiger partial charge is 0.494 e. The number of morpholine rings is 2. The van der Waals surface area contributed by atoms with Crippen molar-refractivity contribution in [1.82, 2.24) is 24.9 Å². The lowest BCUT2D eigenvalue weighted by molar-refractivity contribution is -0.120. The lowest BCUT2D eigenvalue weighted by Gasteiger charge is -2.27. The number of amides is 2. The summed E-state index contributed by atoms with van der Waals surface area (Å²) in [5, 5.41) is 30.3. The molecule has 0 radical (unpaired) electrons. The highest BCUT2D eigenvalue weighted by atomic mass is 32.2. The summed E-state index contributed by atoms with van der Waals surface area (Å²) in [4.78, 5) is 85.6. The Labute approximate surface area is 605 Å². The monoisotopic (exact) mass is 1530 g/mol. The number of ether oxygens (including phenoxy) is 4. The number of thiazole rings is 2. The molecule has 0 unspecified atom stereocenters. The minimum Gasteiger partial charge on any atom is -0.494 e. The summed E-state index contributed by atoms with van der Waals surface area (Å²) in [7, 11) is -10.7. The van der Waals surface area contributed by atoms with E-state index in [1.54, 1.807) is 24.3 Å². The second-order valence-corrected chi connectivity index (χ2v) is 29.7. The summed E-state index contributed by atoms with van der Waals surface area (Å²) >= 11 is 2.89. The van der Waals surface area contributed by atoms with E-state index >= 15 is 0 Å². The number of hydrogen-bond donors (Lipinski definition) is 7. The van der Waals surface area contributed by atoms with Crippen LogP contribution >= 0.6 is 34.4 Å². The summed E-state index contributed by atoms with van der Waals surface area (Å²) < 4.78 is 124. The molecule has 0 spiro atoms. The van der Waals surface area contributed by atoms with Crippen molar-refractivity contribution in [3.05, 3.63) is 93.7 Å². The van der Waals surface area contributed by atoms with Gasteiger partial charge in [0, 0.05) is 81.6 Å². The highest BCUT2D eigenvalue weighted by molar-refractivity contribution is 8.00. The number of methoxy groups -OCH3 is 2. The van der Waals surface area contributed by atoms with Gasteiger partial charge < -0.3 is 59.8 Å². The van der Waals surface area contributed by atoms with Crippen LogP contribution in [-0.2, 0) is 59.0 Å². The number of nitrogens with one attached hydrogen (secondary N) is 4. The van der Waals surface area contributed by atoms with E-state index in [2.05, 4.69) is 41.5 Å². The predicted octanol–water partition coefficient (Wildman–Crippen LogP) is 10.2. The molecule has 34 nitrogen and oxygen atoms in total. The van der Waals surface area contributed by atoms with E-state index in [9.17, 15) is 58.1 Å². The van der Waals surface area contributed by atoms with Crippen LogP contribution in [0.2, 0.25) is 0 Å². The summed E-state index contributed by atoms with van der Waals surface area (Å²) in [6.45, 7) is 15.2. The minimum absolute atomic E-state index is 0.0127. The van der Waals surface area contributed by atoms with Gasteiger partial charge in [-0.3, -0.25) is 32.8 Å². The summed E-state index contributed by atoms with van der Waals surface area (Å²) in [6.07, 6.45) is 2.70. The van der Waals surface area contributed by atoms with Crippen molar-refractivity contribution in [3.8, 4) is 11.5 Å². The number of rotatable bonds is 32. The zero-order valence-corrected chi connectivity index (χ0v) is 61.7. The van der Waals surface area contributed by atoms with Crippen LogP contribution < -0.4 is 50.3 Å². The number of benzene rings is 4. The van der Waals surface area contributed by atoms with E-state index in [-0.39, 0.29) is 78.3 Å². The zero-order chi connectivity index (χ0) is 74.3. The number of ketones is 2. The number of nitrogens with zero attached hydrogens (tertiary/aromatic N) is 13. The highest BCUT2D eigenvalue weighted by Crippen LogP contribution is 2.45. The van der Waals surface area contributed by atoms with Crippen molar-refractivity contribution in [3.63, 3.8) is 0 Å². The van der Waals surface area contributed by atoms with E-state index in [4.69, 9.17) is 44.1 Å². The Kier molecular flexibility index (Phi) is 26.1. The molecule has 103 heavy (non-hydrogen) atoms. The number of hydrogen-bond acceptors (Lipinski definition) is 32. The summed E-state index contributed by atoms with van der Waals surface area (Å²) in [5.41, 5.74) is 1.40. The van der Waals surface area contributed by atoms with Crippen molar-refractivity contribution >= 4 is 180 Å². The number of thioether (sulfide) groups is 1. The minimum atomic E-state index is -4.63. The zero-order valence-electron chi connectivity index (χ0n) is 56.8. The molecule has 40 heteroatoms. The van der Waals surface area contributed by atoms with Gasteiger partial charge in [0.15, 0.2) is 16.7 Å². The highest BCUT2D eigenvalue weighted by Gasteiger charge is 2.28. The number of carbonyl (C=O) groups is 4. The van der Waals surface area contributed by atoms with Gasteiger partial charge in [0.05, 0.1) is 99.8 Å². The molecular formula is C63H73N17O17S6. The van der Waals surface area contributed by atoms with Gasteiger partial charge >= 0.3 is 0 Å². The van der Waals surface area contributed by atoms with Gasteiger partial charge in [0.2, 0.25) is 22.2 Å². The number of aromatic nitrogens is 5. The fraction of sp³-hybridized carbons (Fsp3) is 0.349. The van der Waals surface area contributed by atoms with E-state index in [1.165, 1.54) is 64.5 Å². The molecule has 2 saturated heterocycles. The molecule has 2 aliphatic heterocycles. The third kappa shape index (κ3) is 20.7. The lowest BCUT2D eigenvalue weighted by Crippen LogP contribution is -2.36. The van der Waals surface area contributed by atoms with Crippen LogP contribution in [0.1, 0.15) is 51.3 Å². The Bertz CT molecular complexity index is 4530. The Hall–Kier alpha value is -9.49. The quantitative estimate of drug-likeness (QED) is 0.00514. The first-order valence-corrected chi connectivity index (χ1v) is 38.7. The van der Waals surface area contributed by atoms with Gasteiger partial charge in [-0.25, -0.2) is 0 Å². The average Bonchev–Trinajstić information content (AvgIpc) is 1.80. The number of carbonyl (C=O) groups excluding carboxylic acids is 4. The van der Waals surface area contributed by atoms with E-state index < -0.39 is 69.3 Å². The van der Waals surface area contributed by atoms with Crippen LogP contribution in [0, 0.1) is 0 Å². The average molecular weight is 1530 g/mol. The third-order valence-electron chi connectivity index (χ3n) is 15.4. The molecule has 548 valence electrons. The molecule has 0 atom stereocenters. The number of anilines is 10. The smallest absolute Gasteiger partial charge is 0.294 e. The molecule has 2 fully saturated rings. The Morgan fingerprint density at radius 2 is 0.981 bits per heavy atom. The van der Waals surface area contributed by atoms with Crippen molar-refractivity contribution in [2.24, 2.45) is 20.5 Å². The van der Waals surface area contributed by atoms with Crippen molar-refractivity contribution in [1.29, 1.82) is 0 Å². The van der Waals surface area contributed by atoms with Crippen molar-refractivity contribution < 1.29 is 77.0 Å². The Morgan fingerprint density at radius 1 is 0.583 bits per heavy atom. The molecule has 5 heterocycles.